The van der Waals surface area contributed by atoms with E-state index in [9.17, 15) is 9.90 Å². The Kier molecular flexibility index (Phi) is 9.91. The van der Waals surface area contributed by atoms with Crippen LogP contribution in [0.25, 0.3) is 0 Å². The minimum absolute atomic E-state index is 0.159. The summed E-state index contributed by atoms with van der Waals surface area (Å²) in [6.45, 7) is 4.79. The minimum atomic E-state index is -0.674. The lowest BCUT2D eigenvalue weighted by atomic mass is 9.94. The van der Waals surface area contributed by atoms with Crippen molar-refractivity contribution in [3.63, 3.8) is 0 Å². The smallest absolute Gasteiger partial charge is 0.309 e. The molecular weight excluding hydrogens is 454 g/mol. The van der Waals surface area contributed by atoms with E-state index in [1.165, 1.54) is 12.7 Å². The predicted molar refractivity (Wildman–Crippen MR) is 142 cm³/mol. The van der Waals surface area contributed by atoms with Crippen LogP contribution in [0.15, 0.2) is 72.8 Å². The third-order valence-electron chi connectivity index (χ3n) is 6.04. The molecule has 0 fully saturated rings. The van der Waals surface area contributed by atoms with Crippen molar-refractivity contribution in [3.05, 3.63) is 95.1 Å². The number of esters is 1. The molecule has 0 heterocycles. The Morgan fingerprint density at radius 3 is 2.28 bits per heavy atom. The number of hydrogen-bond donors (Lipinski definition) is 2. The highest BCUT2D eigenvalue weighted by Gasteiger charge is 2.20. The molecule has 0 aliphatic carbocycles. The Morgan fingerprint density at radius 2 is 1.61 bits per heavy atom. The normalized spacial score (nSPS) is 12.1. The molecule has 0 aliphatic heterocycles. The van der Waals surface area contributed by atoms with Crippen LogP contribution in [0.4, 0.5) is 0 Å². The first kappa shape index (κ1) is 27.2. The lowest BCUT2D eigenvalue weighted by molar-refractivity contribution is -0.139. The summed E-state index contributed by atoms with van der Waals surface area (Å²) in [5.74, 6) is 1.21. The first-order valence-corrected chi connectivity index (χ1v) is 12.2. The third kappa shape index (κ3) is 8.70. The number of benzene rings is 3. The van der Waals surface area contributed by atoms with Crippen LogP contribution in [0.5, 0.6) is 11.5 Å². The molecule has 2 N–H and O–H groups in total. The molecule has 6 heteroatoms. The van der Waals surface area contributed by atoms with Crippen molar-refractivity contribution in [1.29, 1.82) is 0 Å². The molecule has 0 bridgehead atoms. The lowest BCUT2D eigenvalue weighted by Crippen LogP contribution is -2.46. The predicted octanol–water partition coefficient (Wildman–Crippen LogP) is 4.35. The molecule has 1 atom stereocenters. The number of rotatable bonds is 13. The second kappa shape index (κ2) is 13.1. The van der Waals surface area contributed by atoms with Crippen LogP contribution in [0.2, 0.25) is 0 Å². The molecule has 0 aromatic heterocycles. The van der Waals surface area contributed by atoms with Crippen LogP contribution in [-0.4, -0.2) is 50.1 Å². The summed E-state index contributed by atoms with van der Waals surface area (Å²) in [6.07, 6.45) is 1.02. The second-order valence-electron chi connectivity index (χ2n) is 9.60. The maximum Gasteiger partial charge on any atom is 0.309 e. The number of β-amino-alcohol motifs (C(OH)–C–C–N with tert-alkyl or cyclic N) is 1. The Morgan fingerprint density at radius 1 is 0.917 bits per heavy atom. The molecule has 36 heavy (non-hydrogen) atoms. The number of carbonyl (C=O) groups excluding carboxylic acids is 1. The zero-order valence-electron chi connectivity index (χ0n) is 21.6. The van der Waals surface area contributed by atoms with Gasteiger partial charge in [-0.1, -0.05) is 48.5 Å². The van der Waals surface area contributed by atoms with Gasteiger partial charge in [0.15, 0.2) is 0 Å². The van der Waals surface area contributed by atoms with Crippen molar-refractivity contribution >= 4 is 5.97 Å². The van der Waals surface area contributed by atoms with Crippen molar-refractivity contribution in [2.24, 2.45) is 0 Å². The number of aliphatic hydroxyl groups excluding tert-OH is 1. The molecule has 0 saturated carbocycles. The average Bonchev–Trinajstić information content (AvgIpc) is 2.88. The highest BCUT2D eigenvalue weighted by Crippen LogP contribution is 2.22. The molecule has 3 aromatic rings. The molecule has 6 nitrogen and oxygen atoms in total. The van der Waals surface area contributed by atoms with Gasteiger partial charge in [0, 0.05) is 12.1 Å². The van der Waals surface area contributed by atoms with Crippen molar-refractivity contribution in [1.82, 2.24) is 5.32 Å². The standard InChI is InChI=1S/C30H37NO5/c1-30(2,19-23-10-13-27(34-3)14-11-23)31-20-26(32)21-36-28-15-12-24(18-29(33)35-4)25(17-28)16-22-8-6-5-7-9-22/h5-15,17,26,31-32H,16,18-21H2,1-4H3. The van der Waals surface area contributed by atoms with Crippen molar-refractivity contribution in [2.75, 3.05) is 27.4 Å². The van der Waals surface area contributed by atoms with Crippen LogP contribution < -0.4 is 14.8 Å². The largest absolute Gasteiger partial charge is 0.497 e. The Hall–Kier alpha value is -3.35. The van der Waals surface area contributed by atoms with Gasteiger partial charge in [0.1, 0.15) is 24.2 Å². The quantitative estimate of drug-likeness (QED) is 0.346. The Bertz CT molecular complexity index is 1100. The molecule has 0 radical (unpaired) electrons. The van der Waals surface area contributed by atoms with E-state index in [0.29, 0.717) is 18.7 Å². The van der Waals surface area contributed by atoms with Gasteiger partial charge in [0.2, 0.25) is 0 Å². The maximum atomic E-state index is 11.9. The van der Waals surface area contributed by atoms with Gasteiger partial charge in [-0.15, -0.1) is 0 Å². The van der Waals surface area contributed by atoms with E-state index >= 15 is 0 Å². The monoisotopic (exact) mass is 491 g/mol. The van der Waals surface area contributed by atoms with E-state index in [2.05, 4.69) is 43.4 Å². The van der Waals surface area contributed by atoms with Gasteiger partial charge in [0.05, 0.1) is 20.6 Å². The van der Waals surface area contributed by atoms with Gasteiger partial charge in [0.25, 0.3) is 0 Å². The molecule has 0 aliphatic rings. The summed E-state index contributed by atoms with van der Waals surface area (Å²) in [5.41, 5.74) is 4.03. The number of nitrogens with one attached hydrogen (secondary N) is 1. The topological polar surface area (TPSA) is 77.0 Å². The van der Waals surface area contributed by atoms with Crippen LogP contribution in [-0.2, 0) is 28.8 Å². The molecule has 0 spiro atoms. The zero-order valence-corrected chi connectivity index (χ0v) is 21.6. The molecular formula is C30H37NO5. The van der Waals surface area contributed by atoms with E-state index in [4.69, 9.17) is 14.2 Å². The first-order chi connectivity index (χ1) is 17.3. The molecule has 0 saturated heterocycles. The SMILES string of the molecule is COC(=O)Cc1ccc(OCC(O)CNC(C)(C)Cc2ccc(OC)cc2)cc1Cc1ccccc1. The van der Waals surface area contributed by atoms with E-state index < -0.39 is 6.10 Å². The van der Waals surface area contributed by atoms with Crippen molar-refractivity contribution in [2.45, 2.75) is 44.8 Å². The highest BCUT2D eigenvalue weighted by atomic mass is 16.5. The molecule has 0 amide bonds. The van der Waals surface area contributed by atoms with E-state index in [-0.39, 0.29) is 24.5 Å². The minimum Gasteiger partial charge on any atom is -0.497 e. The average molecular weight is 492 g/mol. The van der Waals surface area contributed by atoms with Crippen molar-refractivity contribution < 1.29 is 24.1 Å². The number of ether oxygens (including phenoxy) is 3. The molecule has 192 valence electrons. The second-order valence-corrected chi connectivity index (χ2v) is 9.60. The molecule has 3 aromatic carbocycles. The van der Waals surface area contributed by atoms with Gasteiger partial charge in [-0.05, 0) is 73.2 Å². The van der Waals surface area contributed by atoms with Crippen LogP contribution in [0.1, 0.15) is 36.1 Å². The molecule has 3 rings (SSSR count). The van der Waals surface area contributed by atoms with E-state index in [1.807, 2.05) is 48.5 Å². The van der Waals surface area contributed by atoms with E-state index in [1.54, 1.807) is 7.11 Å². The summed E-state index contributed by atoms with van der Waals surface area (Å²) in [5, 5.41) is 14.0. The van der Waals surface area contributed by atoms with Gasteiger partial charge in [-0.2, -0.15) is 0 Å². The third-order valence-corrected chi connectivity index (χ3v) is 6.04. The fourth-order valence-electron chi connectivity index (χ4n) is 4.03. The van der Waals surface area contributed by atoms with E-state index in [0.717, 1.165) is 28.9 Å². The number of aliphatic hydroxyl groups is 1. The van der Waals surface area contributed by atoms with Crippen LogP contribution in [0, 0.1) is 0 Å². The van der Waals surface area contributed by atoms with Gasteiger partial charge < -0.3 is 24.6 Å². The number of methoxy groups -OCH3 is 2. The first-order valence-electron chi connectivity index (χ1n) is 12.2. The van der Waals surface area contributed by atoms with Crippen molar-refractivity contribution in [3.8, 4) is 11.5 Å². The van der Waals surface area contributed by atoms with Gasteiger partial charge >= 0.3 is 5.97 Å². The summed E-state index contributed by atoms with van der Waals surface area (Å²) in [4.78, 5) is 11.9. The van der Waals surface area contributed by atoms with Gasteiger partial charge in [-0.3, -0.25) is 4.79 Å². The summed E-state index contributed by atoms with van der Waals surface area (Å²) in [7, 11) is 3.05. The van der Waals surface area contributed by atoms with Crippen LogP contribution >= 0.6 is 0 Å². The number of hydrogen-bond acceptors (Lipinski definition) is 6. The summed E-state index contributed by atoms with van der Waals surface area (Å²) in [6, 6.07) is 23.8. The van der Waals surface area contributed by atoms with Crippen LogP contribution in [0.3, 0.4) is 0 Å². The fraction of sp³-hybridized carbons (Fsp3) is 0.367. The summed E-state index contributed by atoms with van der Waals surface area (Å²) >= 11 is 0. The fourth-order valence-corrected chi connectivity index (χ4v) is 4.03. The molecule has 1 unspecified atom stereocenters. The Balaban J connectivity index is 1.56. The maximum absolute atomic E-state index is 11.9. The van der Waals surface area contributed by atoms with Gasteiger partial charge in [-0.25, -0.2) is 0 Å². The number of carbonyl (C=O) groups is 1. The summed E-state index contributed by atoms with van der Waals surface area (Å²) < 4.78 is 16.0. The Labute approximate surface area is 214 Å². The highest BCUT2D eigenvalue weighted by molar-refractivity contribution is 5.73. The zero-order chi connectivity index (χ0) is 26.0. The lowest BCUT2D eigenvalue weighted by Gasteiger charge is -2.28.